The molecule has 1 fully saturated rings. The van der Waals surface area contributed by atoms with E-state index in [-0.39, 0.29) is 0 Å². The summed E-state index contributed by atoms with van der Waals surface area (Å²) in [5.41, 5.74) is 0.967. The maximum atomic E-state index is 5.58. The molecule has 2 aromatic heterocycles. The summed E-state index contributed by atoms with van der Waals surface area (Å²) >= 11 is 0. The second-order valence-corrected chi connectivity index (χ2v) is 5.45. The lowest BCUT2D eigenvalue weighted by molar-refractivity contribution is 0.441. The Bertz CT molecular complexity index is 564. The molecule has 112 valence electrons. The number of hydrogen-bond acceptors (Lipinski definition) is 6. The van der Waals surface area contributed by atoms with Crippen LogP contribution in [0.15, 0.2) is 22.7 Å². The van der Waals surface area contributed by atoms with E-state index in [1.54, 1.807) is 6.20 Å². The van der Waals surface area contributed by atoms with Gasteiger partial charge in [-0.1, -0.05) is 0 Å². The molecular formula is C15H21N5O. The van der Waals surface area contributed by atoms with Gasteiger partial charge in [-0.3, -0.25) is 0 Å². The first-order chi connectivity index (χ1) is 10.2. The summed E-state index contributed by atoms with van der Waals surface area (Å²) in [6.45, 7) is 6.52. The zero-order valence-electron chi connectivity index (χ0n) is 12.5. The third-order valence-electron chi connectivity index (χ3n) is 3.96. The summed E-state index contributed by atoms with van der Waals surface area (Å²) in [7, 11) is 0. The van der Waals surface area contributed by atoms with Gasteiger partial charge in [0.15, 0.2) is 5.82 Å². The maximum Gasteiger partial charge on any atom is 0.208 e. The van der Waals surface area contributed by atoms with Crippen LogP contribution in [0.4, 0.5) is 5.82 Å². The molecular weight excluding hydrogens is 266 g/mol. The van der Waals surface area contributed by atoms with E-state index >= 15 is 0 Å². The molecule has 0 unspecified atom stereocenters. The van der Waals surface area contributed by atoms with Crippen LogP contribution in [0.1, 0.15) is 30.2 Å². The van der Waals surface area contributed by atoms with E-state index in [0.717, 1.165) is 36.3 Å². The van der Waals surface area contributed by atoms with Gasteiger partial charge in [-0.05, 0) is 38.8 Å². The summed E-state index contributed by atoms with van der Waals surface area (Å²) in [6.07, 6.45) is 4.08. The van der Waals surface area contributed by atoms with Gasteiger partial charge in [-0.15, -0.1) is 5.10 Å². The van der Waals surface area contributed by atoms with Gasteiger partial charge in [-0.2, -0.15) is 5.10 Å². The minimum absolute atomic E-state index is 0.457. The first-order valence-corrected chi connectivity index (χ1v) is 7.42. The minimum Gasteiger partial charge on any atom is -0.444 e. The molecule has 1 aliphatic rings. The molecule has 1 saturated heterocycles. The third kappa shape index (κ3) is 3.21. The Hall–Kier alpha value is -1.95. The lowest BCUT2D eigenvalue weighted by Crippen LogP contribution is -2.38. The van der Waals surface area contributed by atoms with E-state index in [0.29, 0.717) is 12.6 Å². The van der Waals surface area contributed by atoms with Crippen LogP contribution in [-0.2, 0) is 6.54 Å². The highest BCUT2D eigenvalue weighted by Crippen LogP contribution is 2.22. The van der Waals surface area contributed by atoms with Crippen molar-refractivity contribution < 1.29 is 4.42 Å². The van der Waals surface area contributed by atoms with Gasteiger partial charge >= 0.3 is 0 Å². The van der Waals surface area contributed by atoms with Crippen molar-refractivity contribution in [2.75, 3.05) is 18.0 Å². The van der Waals surface area contributed by atoms with Gasteiger partial charge in [-0.25, -0.2) is 4.98 Å². The summed E-state index contributed by atoms with van der Waals surface area (Å²) in [5, 5.41) is 11.6. The highest BCUT2D eigenvalue weighted by Gasteiger charge is 2.25. The molecule has 1 aliphatic heterocycles. The number of rotatable bonds is 5. The zero-order chi connectivity index (χ0) is 14.7. The molecule has 6 heteroatoms. The Morgan fingerprint density at radius 3 is 3.05 bits per heavy atom. The molecule has 0 aliphatic carbocycles. The maximum absolute atomic E-state index is 5.58. The van der Waals surface area contributed by atoms with Crippen LogP contribution >= 0.6 is 0 Å². The standard InChI is InChI=1S/C15H21N5O/c1-11-12(2)21-15(18-11)10-16-9-13-5-4-8-20(13)14-6-3-7-17-19-14/h3,6-7,13,16H,4-5,8-10H2,1-2H3/t13-/m1/s1. The number of oxazole rings is 1. The molecule has 0 saturated carbocycles. The van der Waals surface area contributed by atoms with E-state index in [9.17, 15) is 0 Å². The van der Waals surface area contributed by atoms with Gasteiger partial charge in [0.1, 0.15) is 5.76 Å². The summed E-state index contributed by atoms with van der Waals surface area (Å²) in [4.78, 5) is 6.71. The predicted octanol–water partition coefficient (Wildman–Crippen LogP) is 1.84. The van der Waals surface area contributed by atoms with Crippen LogP contribution in [0.3, 0.4) is 0 Å². The normalized spacial score (nSPS) is 18.4. The fourth-order valence-corrected chi connectivity index (χ4v) is 2.76. The quantitative estimate of drug-likeness (QED) is 0.905. The smallest absolute Gasteiger partial charge is 0.208 e. The predicted molar refractivity (Wildman–Crippen MR) is 80.1 cm³/mol. The molecule has 1 atom stereocenters. The van der Waals surface area contributed by atoms with Crippen LogP contribution in [0.25, 0.3) is 0 Å². The second kappa shape index (κ2) is 6.22. The Morgan fingerprint density at radius 1 is 1.43 bits per heavy atom. The van der Waals surface area contributed by atoms with Gasteiger partial charge < -0.3 is 14.6 Å². The molecule has 2 aromatic rings. The van der Waals surface area contributed by atoms with Crippen LogP contribution in [0.5, 0.6) is 0 Å². The van der Waals surface area contributed by atoms with E-state index in [2.05, 4.69) is 25.4 Å². The molecule has 0 amide bonds. The Kier molecular flexibility index (Phi) is 4.15. The molecule has 1 N–H and O–H groups in total. The number of aryl methyl sites for hydroxylation is 2. The van der Waals surface area contributed by atoms with Crippen molar-refractivity contribution in [3.8, 4) is 0 Å². The van der Waals surface area contributed by atoms with Crippen molar-refractivity contribution in [2.24, 2.45) is 0 Å². The molecule has 0 bridgehead atoms. The van der Waals surface area contributed by atoms with E-state index in [1.807, 2.05) is 26.0 Å². The Balaban J connectivity index is 1.55. The van der Waals surface area contributed by atoms with Crippen molar-refractivity contribution in [3.63, 3.8) is 0 Å². The molecule has 21 heavy (non-hydrogen) atoms. The number of hydrogen-bond donors (Lipinski definition) is 1. The van der Waals surface area contributed by atoms with Crippen LogP contribution in [0.2, 0.25) is 0 Å². The lowest BCUT2D eigenvalue weighted by Gasteiger charge is -2.25. The summed E-state index contributed by atoms with van der Waals surface area (Å²) in [5.74, 6) is 2.62. The number of anilines is 1. The molecule has 3 rings (SSSR count). The number of nitrogens with zero attached hydrogens (tertiary/aromatic N) is 4. The van der Waals surface area contributed by atoms with E-state index in [4.69, 9.17) is 4.42 Å². The zero-order valence-corrected chi connectivity index (χ0v) is 12.5. The Morgan fingerprint density at radius 2 is 2.33 bits per heavy atom. The van der Waals surface area contributed by atoms with E-state index < -0.39 is 0 Å². The van der Waals surface area contributed by atoms with Gasteiger partial charge in [0.05, 0.1) is 12.2 Å². The van der Waals surface area contributed by atoms with Gasteiger partial charge in [0.25, 0.3) is 0 Å². The Labute approximate surface area is 124 Å². The molecule has 0 radical (unpaired) electrons. The van der Waals surface area contributed by atoms with Crippen molar-refractivity contribution in [1.82, 2.24) is 20.5 Å². The summed E-state index contributed by atoms with van der Waals surface area (Å²) < 4.78 is 5.58. The van der Waals surface area contributed by atoms with Crippen LogP contribution < -0.4 is 10.2 Å². The van der Waals surface area contributed by atoms with Gasteiger partial charge in [0.2, 0.25) is 5.89 Å². The third-order valence-corrected chi connectivity index (χ3v) is 3.96. The monoisotopic (exact) mass is 287 g/mol. The molecule has 0 aromatic carbocycles. The first-order valence-electron chi connectivity index (χ1n) is 7.42. The summed E-state index contributed by atoms with van der Waals surface area (Å²) in [6, 6.07) is 4.41. The average Bonchev–Trinajstić information content (AvgIpc) is 3.08. The van der Waals surface area contributed by atoms with E-state index in [1.165, 1.54) is 12.8 Å². The molecule has 0 spiro atoms. The molecule has 6 nitrogen and oxygen atoms in total. The van der Waals surface area contributed by atoms with Crippen LogP contribution in [-0.4, -0.2) is 34.3 Å². The minimum atomic E-state index is 0.457. The second-order valence-electron chi connectivity index (χ2n) is 5.45. The first kappa shape index (κ1) is 14.0. The number of aromatic nitrogens is 3. The van der Waals surface area contributed by atoms with Crippen molar-refractivity contribution in [2.45, 2.75) is 39.3 Å². The van der Waals surface area contributed by atoms with Crippen molar-refractivity contribution in [3.05, 3.63) is 35.7 Å². The van der Waals surface area contributed by atoms with Crippen LogP contribution in [0, 0.1) is 13.8 Å². The van der Waals surface area contributed by atoms with Gasteiger partial charge in [0, 0.05) is 25.3 Å². The average molecular weight is 287 g/mol. The molecule has 3 heterocycles. The number of nitrogens with one attached hydrogen (secondary N) is 1. The van der Waals surface area contributed by atoms with Crippen molar-refractivity contribution in [1.29, 1.82) is 0 Å². The lowest BCUT2D eigenvalue weighted by atomic mass is 10.2. The fraction of sp³-hybridized carbons (Fsp3) is 0.533. The largest absolute Gasteiger partial charge is 0.444 e. The fourth-order valence-electron chi connectivity index (χ4n) is 2.76. The highest BCUT2D eigenvalue weighted by atomic mass is 16.4. The topological polar surface area (TPSA) is 67.1 Å². The SMILES string of the molecule is Cc1nc(CNC[C@H]2CCCN2c2cccnn2)oc1C. The van der Waals surface area contributed by atoms with Crippen molar-refractivity contribution >= 4 is 5.82 Å². The highest BCUT2D eigenvalue weighted by molar-refractivity contribution is 5.39.